The van der Waals surface area contributed by atoms with Gasteiger partial charge >= 0.3 is 0 Å². The summed E-state index contributed by atoms with van der Waals surface area (Å²) in [6, 6.07) is 29.2. The Balaban J connectivity index is 1.47. The van der Waals surface area contributed by atoms with Crippen LogP contribution in [0, 0.1) is 0 Å². The van der Waals surface area contributed by atoms with E-state index in [9.17, 15) is 0 Å². The third-order valence-corrected chi connectivity index (χ3v) is 6.15. The number of rotatable bonds is 2. The minimum absolute atomic E-state index is 0.0450. The SMILES string of the molecule is CC1(C)c2ccccc2-c2ccc(Oc3cccc4c3oc3ccccc34)cc21. The molecule has 2 heteroatoms. The summed E-state index contributed by atoms with van der Waals surface area (Å²) < 4.78 is 12.5. The molecule has 0 bridgehead atoms. The minimum atomic E-state index is -0.0450. The van der Waals surface area contributed by atoms with Crippen LogP contribution in [0.15, 0.2) is 89.3 Å². The number of para-hydroxylation sites is 2. The van der Waals surface area contributed by atoms with Gasteiger partial charge in [-0.05, 0) is 46.5 Å². The molecular formula is C27H20O2. The van der Waals surface area contributed by atoms with Gasteiger partial charge in [-0.2, -0.15) is 0 Å². The molecule has 0 N–H and O–H groups in total. The molecule has 2 nitrogen and oxygen atoms in total. The predicted molar refractivity (Wildman–Crippen MR) is 118 cm³/mol. The molecule has 1 aromatic heterocycles. The zero-order valence-electron chi connectivity index (χ0n) is 16.4. The van der Waals surface area contributed by atoms with Crippen molar-refractivity contribution in [2.75, 3.05) is 0 Å². The highest BCUT2D eigenvalue weighted by molar-refractivity contribution is 6.06. The number of hydrogen-bond donors (Lipinski definition) is 0. The Hall–Kier alpha value is -3.52. The number of benzene rings is 4. The second-order valence-electron chi connectivity index (χ2n) is 8.21. The number of hydrogen-bond acceptors (Lipinski definition) is 2. The zero-order valence-corrected chi connectivity index (χ0v) is 16.4. The molecule has 140 valence electrons. The lowest BCUT2D eigenvalue weighted by Gasteiger charge is -2.21. The number of furan rings is 1. The number of fused-ring (bicyclic) bond motifs is 6. The number of ether oxygens (including phenoxy) is 1. The van der Waals surface area contributed by atoms with E-state index in [4.69, 9.17) is 9.15 Å². The van der Waals surface area contributed by atoms with Crippen molar-refractivity contribution in [1.29, 1.82) is 0 Å². The quantitative estimate of drug-likeness (QED) is 0.315. The van der Waals surface area contributed by atoms with Gasteiger partial charge in [0.15, 0.2) is 11.3 Å². The summed E-state index contributed by atoms with van der Waals surface area (Å²) >= 11 is 0. The van der Waals surface area contributed by atoms with Gasteiger partial charge in [0.25, 0.3) is 0 Å². The molecule has 4 aromatic carbocycles. The summed E-state index contributed by atoms with van der Waals surface area (Å²) in [6.45, 7) is 4.56. The maximum atomic E-state index is 6.34. The molecule has 6 rings (SSSR count). The molecule has 0 saturated carbocycles. The first-order valence-electron chi connectivity index (χ1n) is 9.95. The van der Waals surface area contributed by atoms with Crippen LogP contribution in [0.1, 0.15) is 25.0 Å². The Morgan fingerprint density at radius 2 is 1.45 bits per heavy atom. The van der Waals surface area contributed by atoms with Crippen LogP contribution >= 0.6 is 0 Å². The van der Waals surface area contributed by atoms with Crippen molar-refractivity contribution < 1.29 is 9.15 Å². The van der Waals surface area contributed by atoms with E-state index in [2.05, 4.69) is 68.4 Å². The average Bonchev–Trinajstić information content (AvgIpc) is 3.23. The Morgan fingerprint density at radius 1 is 0.690 bits per heavy atom. The first kappa shape index (κ1) is 16.4. The van der Waals surface area contributed by atoms with Crippen molar-refractivity contribution in [1.82, 2.24) is 0 Å². The molecule has 0 atom stereocenters. The van der Waals surface area contributed by atoms with E-state index in [1.165, 1.54) is 22.3 Å². The molecule has 1 aliphatic carbocycles. The molecule has 0 fully saturated rings. The molecule has 0 spiro atoms. The standard InChI is InChI=1S/C27H20O2/c1-27(2)22-11-5-3-8-18(22)19-15-14-17(16-23(19)27)28-25-13-7-10-21-20-9-4-6-12-24(20)29-26(21)25/h3-16H,1-2H3. The first-order valence-corrected chi connectivity index (χ1v) is 9.95. The summed E-state index contributed by atoms with van der Waals surface area (Å²) in [5.41, 5.74) is 6.90. The van der Waals surface area contributed by atoms with Gasteiger partial charge in [0.2, 0.25) is 0 Å². The molecule has 0 saturated heterocycles. The van der Waals surface area contributed by atoms with Gasteiger partial charge in [0.05, 0.1) is 0 Å². The Morgan fingerprint density at radius 3 is 2.38 bits per heavy atom. The van der Waals surface area contributed by atoms with Crippen molar-refractivity contribution in [3.63, 3.8) is 0 Å². The van der Waals surface area contributed by atoms with Crippen LogP contribution in [-0.4, -0.2) is 0 Å². The molecule has 0 amide bonds. The second-order valence-corrected chi connectivity index (χ2v) is 8.21. The third-order valence-electron chi connectivity index (χ3n) is 6.15. The first-order chi connectivity index (χ1) is 14.1. The van der Waals surface area contributed by atoms with Crippen LogP contribution < -0.4 is 4.74 Å². The van der Waals surface area contributed by atoms with E-state index in [0.717, 1.165) is 33.4 Å². The van der Waals surface area contributed by atoms with E-state index < -0.39 is 0 Å². The molecule has 0 radical (unpaired) electrons. The van der Waals surface area contributed by atoms with E-state index in [1.807, 2.05) is 30.3 Å². The largest absolute Gasteiger partial charge is 0.453 e. The molecular weight excluding hydrogens is 356 g/mol. The predicted octanol–water partition coefficient (Wildman–Crippen LogP) is 7.68. The fourth-order valence-corrected chi connectivity index (χ4v) is 4.68. The maximum absolute atomic E-state index is 6.34. The fourth-order valence-electron chi connectivity index (χ4n) is 4.68. The van der Waals surface area contributed by atoms with Crippen molar-refractivity contribution in [3.8, 4) is 22.6 Å². The third kappa shape index (κ3) is 2.29. The van der Waals surface area contributed by atoms with Gasteiger partial charge in [-0.25, -0.2) is 0 Å². The Kier molecular flexibility index (Phi) is 3.25. The maximum Gasteiger partial charge on any atom is 0.177 e. The van der Waals surface area contributed by atoms with E-state index in [-0.39, 0.29) is 5.41 Å². The normalized spacial score (nSPS) is 14.1. The molecule has 29 heavy (non-hydrogen) atoms. The summed E-state index contributed by atoms with van der Waals surface area (Å²) in [5, 5.41) is 2.19. The zero-order chi connectivity index (χ0) is 19.6. The molecule has 0 aliphatic heterocycles. The van der Waals surface area contributed by atoms with Gasteiger partial charge in [-0.1, -0.05) is 74.5 Å². The van der Waals surface area contributed by atoms with Crippen molar-refractivity contribution in [2.45, 2.75) is 19.3 Å². The van der Waals surface area contributed by atoms with E-state index in [0.29, 0.717) is 0 Å². The van der Waals surface area contributed by atoms with Crippen molar-refractivity contribution in [3.05, 3.63) is 96.1 Å². The summed E-state index contributed by atoms with van der Waals surface area (Å²) in [6.07, 6.45) is 0. The second kappa shape index (κ2) is 5.74. The molecule has 5 aromatic rings. The Labute approximate surface area is 169 Å². The fraction of sp³-hybridized carbons (Fsp3) is 0.111. The monoisotopic (exact) mass is 376 g/mol. The summed E-state index contributed by atoms with van der Waals surface area (Å²) in [4.78, 5) is 0. The topological polar surface area (TPSA) is 22.4 Å². The van der Waals surface area contributed by atoms with Gasteiger partial charge in [0, 0.05) is 16.2 Å². The van der Waals surface area contributed by atoms with Crippen LogP contribution in [-0.2, 0) is 5.41 Å². The molecule has 1 heterocycles. The van der Waals surface area contributed by atoms with Crippen LogP contribution in [0.5, 0.6) is 11.5 Å². The van der Waals surface area contributed by atoms with Gasteiger partial charge < -0.3 is 9.15 Å². The smallest absolute Gasteiger partial charge is 0.177 e. The van der Waals surface area contributed by atoms with Crippen LogP contribution in [0.25, 0.3) is 33.1 Å². The van der Waals surface area contributed by atoms with Crippen LogP contribution in [0.2, 0.25) is 0 Å². The van der Waals surface area contributed by atoms with E-state index >= 15 is 0 Å². The molecule has 1 aliphatic rings. The lowest BCUT2D eigenvalue weighted by atomic mass is 9.82. The lowest BCUT2D eigenvalue weighted by molar-refractivity contribution is 0.474. The van der Waals surface area contributed by atoms with Gasteiger partial charge in [-0.3, -0.25) is 0 Å². The van der Waals surface area contributed by atoms with Crippen molar-refractivity contribution in [2.24, 2.45) is 0 Å². The van der Waals surface area contributed by atoms with Gasteiger partial charge in [-0.15, -0.1) is 0 Å². The minimum Gasteiger partial charge on any atom is -0.453 e. The highest BCUT2D eigenvalue weighted by Gasteiger charge is 2.35. The van der Waals surface area contributed by atoms with Gasteiger partial charge in [0.1, 0.15) is 11.3 Å². The highest BCUT2D eigenvalue weighted by atomic mass is 16.5. The highest BCUT2D eigenvalue weighted by Crippen LogP contribution is 2.50. The lowest BCUT2D eigenvalue weighted by Crippen LogP contribution is -2.14. The van der Waals surface area contributed by atoms with Crippen molar-refractivity contribution >= 4 is 21.9 Å². The van der Waals surface area contributed by atoms with Crippen LogP contribution in [0.3, 0.4) is 0 Å². The Bertz CT molecular complexity index is 1410. The average molecular weight is 376 g/mol. The van der Waals surface area contributed by atoms with E-state index in [1.54, 1.807) is 0 Å². The summed E-state index contributed by atoms with van der Waals surface area (Å²) in [5.74, 6) is 1.57. The molecule has 0 unspecified atom stereocenters. The summed E-state index contributed by atoms with van der Waals surface area (Å²) in [7, 11) is 0. The van der Waals surface area contributed by atoms with Crippen LogP contribution in [0.4, 0.5) is 0 Å².